The summed E-state index contributed by atoms with van der Waals surface area (Å²) in [6.45, 7) is 0.175. The molecule has 1 fully saturated rings. The predicted molar refractivity (Wildman–Crippen MR) is 64.6 cm³/mol. The average Bonchev–Trinajstić information content (AvgIpc) is 2.83. The highest BCUT2D eigenvalue weighted by atomic mass is 32.1. The number of thiophene rings is 1. The van der Waals surface area contributed by atoms with E-state index < -0.39 is 0 Å². The van der Waals surface area contributed by atoms with Crippen LogP contribution in [0, 0.1) is 5.92 Å². The second-order valence-electron chi connectivity index (χ2n) is 4.32. The number of aliphatic hydroxyl groups is 1. The summed E-state index contributed by atoms with van der Waals surface area (Å²) in [5.74, 6) is 0.225. The molecule has 1 amide bonds. The van der Waals surface area contributed by atoms with Crippen molar-refractivity contribution in [3.8, 4) is 0 Å². The van der Waals surface area contributed by atoms with Crippen molar-refractivity contribution in [1.29, 1.82) is 0 Å². The lowest BCUT2D eigenvalue weighted by Gasteiger charge is -2.30. The molecule has 0 spiro atoms. The fourth-order valence-electron chi connectivity index (χ4n) is 2.26. The second kappa shape index (κ2) is 5.46. The number of amides is 1. The lowest BCUT2D eigenvalue weighted by Crippen LogP contribution is -2.43. The fraction of sp³-hybridized carbons (Fsp3) is 0.583. The zero-order valence-electron chi connectivity index (χ0n) is 9.19. The van der Waals surface area contributed by atoms with Crippen LogP contribution in [0.15, 0.2) is 16.8 Å². The summed E-state index contributed by atoms with van der Waals surface area (Å²) in [5.41, 5.74) is 0.729. The SMILES string of the molecule is O=C(NC1CCCCC1CO)c1ccsc1. The van der Waals surface area contributed by atoms with Crippen molar-refractivity contribution in [3.63, 3.8) is 0 Å². The monoisotopic (exact) mass is 239 g/mol. The van der Waals surface area contributed by atoms with Gasteiger partial charge in [-0.25, -0.2) is 0 Å². The molecule has 0 bridgehead atoms. The molecule has 1 aromatic heterocycles. The Morgan fingerprint density at radius 1 is 1.50 bits per heavy atom. The van der Waals surface area contributed by atoms with Crippen molar-refractivity contribution in [1.82, 2.24) is 5.32 Å². The van der Waals surface area contributed by atoms with Crippen LogP contribution in [-0.2, 0) is 0 Å². The lowest BCUT2D eigenvalue weighted by molar-refractivity contribution is 0.0873. The van der Waals surface area contributed by atoms with E-state index in [4.69, 9.17) is 0 Å². The third kappa shape index (κ3) is 2.62. The maximum atomic E-state index is 11.8. The van der Waals surface area contributed by atoms with Gasteiger partial charge in [0.05, 0.1) is 0 Å². The van der Waals surface area contributed by atoms with E-state index in [1.807, 2.05) is 16.8 Å². The number of carbonyl (C=O) groups excluding carboxylic acids is 1. The molecule has 0 aliphatic heterocycles. The number of nitrogens with one attached hydrogen (secondary N) is 1. The molecule has 0 saturated heterocycles. The van der Waals surface area contributed by atoms with Crippen molar-refractivity contribution < 1.29 is 9.90 Å². The van der Waals surface area contributed by atoms with E-state index in [0.717, 1.165) is 31.2 Å². The van der Waals surface area contributed by atoms with Crippen LogP contribution < -0.4 is 5.32 Å². The summed E-state index contributed by atoms with van der Waals surface area (Å²) in [5, 5.41) is 16.0. The van der Waals surface area contributed by atoms with E-state index in [0.29, 0.717) is 0 Å². The zero-order valence-corrected chi connectivity index (χ0v) is 10.0. The molecule has 16 heavy (non-hydrogen) atoms. The maximum absolute atomic E-state index is 11.8. The minimum absolute atomic E-state index is 0.00778. The number of hydrogen-bond acceptors (Lipinski definition) is 3. The van der Waals surface area contributed by atoms with E-state index in [9.17, 15) is 9.90 Å². The highest BCUT2D eigenvalue weighted by Crippen LogP contribution is 2.24. The molecule has 0 aromatic carbocycles. The van der Waals surface area contributed by atoms with E-state index in [1.165, 1.54) is 11.3 Å². The lowest BCUT2D eigenvalue weighted by atomic mass is 9.85. The van der Waals surface area contributed by atoms with Gasteiger partial charge in [-0.05, 0) is 24.3 Å². The Morgan fingerprint density at radius 2 is 2.31 bits per heavy atom. The molecule has 2 atom stereocenters. The largest absolute Gasteiger partial charge is 0.396 e. The predicted octanol–water partition coefficient (Wildman–Crippen LogP) is 2.03. The Labute approximate surface area is 99.5 Å². The molecule has 1 heterocycles. The summed E-state index contributed by atoms with van der Waals surface area (Å²) in [4.78, 5) is 11.8. The van der Waals surface area contributed by atoms with Gasteiger partial charge in [0.15, 0.2) is 0 Å². The fourth-order valence-corrected chi connectivity index (χ4v) is 2.90. The summed E-state index contributed by atoms with van der Waals surface area (Å²) in [6.07, 6.45) is 4.31. The minimum Gasteiger partial charge on any atom is -0.396 e. The molecular formula is C12H17NO2S. The van der Waals surface area contributed by atoms with Gasteiger partial charge in [-0.15, -0.1) is 0 Å². The Balaban J connectivity index is 1.95. The Kier molecular flexibility index (Phi) is 3.96. The van der Waals surface area contributed by atoms with Gasteiger partial charge in [-0.1, -0.05) is 12.8 Å². The molecule has 1 saturated carbocycles. The van der Waals surface area contributed by atoms with Crippen molar-refractivity contribution in [3.05, 3.63) is 22.4 Å². The van der Waals surface area contributed by atoms with Crippen LogP contribution in [0.3, 0.4) is 0 Å². The Hall–Kier alpha value is -0.870. The van der Waals surface area contributed by atoms with Crippen molar-refractivity contribution in [2.45, 2.75) is 31.7 Å². The van der Waals surface area contributed by atoms with Crippen LogP contribution in [0.2, 0.25) is 0 Å². The van der Waals surface area contributed by atoms with E-state index in [2.05, 4.69) is 5.32 Å². The third-order valence-corrected chi connectivity index (χ3v) is 3.93. The van der Waals surface area contributed by atoms with Gasteiger partial charge in [0.2, 0.25) is 0 Å². The molecular weight excluding hydrogens is 222 g/mol. The average molecular weight is 239 g/mol. The van der Waals surface area contributed by atoms with E-state index in [-0.39, 0.29) is 24.5 Å². The van der Waals surface area contributed by atoms with Gasteiger partial charge in [-0.2, -0.15) is 11.3 Å². The van der Waals surface area contributed by atoms with Crippen LogP contribution >= 0.6 is 11.3 Å². The molecule has 1 aliphatic rings. The molecule has 88 valence electrons. The molecule has 1 aliphatic carbocycles. The summed E-state index contributed by atoms with van der Waals surface area (Å²) >= 11 is 1.53. The highest BCUT2D eigenvalue weighted by molar-refractivity contribution is 7.08. The summed E-state index contributed by atoms with van der Waals surface area (Å²) in [7, 11) is 0. The van der Waals surface area contributed by atoms with Crippen LogP contribution in [0.5, 0.6) is 0 Å². The smallest absolute Gasteiger partial charge is 0.252 e. The Morgan fingerprint density at radius 3 is 3.00 bits per heavy atom. The molecule has 2 rings (SSSR count). The quantitative estimate of drug-likeness (QED) is 0.848. The molecule has 1 aromatic rings. The Bertz CT molecular complexity index is 337. The number of rotatable bonds is 3. The molecule has 2 unspecified atom stereocenters. The molecule has 3 nitrogen and oxygen atoms in total. The van der Waals surface area contributed by atoms with E-state index >= 15 is 0 Å². The number of aliphatic hydroxyl groups excluding tert-OH is 1. The topological polar surface area (TPSA) is 49.3 Å². The first-order chi connectivity index (χ1) is 7.81. The number of hydrogen-bond donors (Lipinski definition) is 2. The van der Waals surface area contributed by atoms with Crippen LogP contribution in [-0.4, -0.2) is 23.7 Å². The van der Waals surface area contributed by atoms with Crippen LogP contribution in [0.1, 0.15) is 36.0 Å². The molecule has 0 radical (unpaired) electrons. The van der Waals surface area contributed by atoms with Gasteiger partial charge >= 0.3 is 0 Å². The maximum Gasteiger partial charge on any atom is 0.252 e. The standard InChI is InChI=1S/C12H17NO2S/c14-7-9-3-1-2-4-11(9)13-12(15)10-5-6-16-8-10/h5-6,8-9,11,14H,1-4,7H2,(H,13,15). The zero-order chi connectivity index (χ0) is 11.4. The first-order valence-corrected chi connectivity index (χ1v) is 6.69. The van der Waals surface area contributed by atoms with Crippen molar-refractivity contribution >= 4 is 17.2 Å². The highest BCUT2D eigenvalue weighted by Gasteiger charge is 2.26. The second-order valence-corrected chi connectivity index (χ2v) is 5.10. The third-order valence-electron chi connectivity index (χ3n) is 3.24. The van der Waals surface area contributed by atoms with Crippen molar-refractivity contribution in [2.24, 2.45) is 5.92 Å². The minimum atomic E-state index is -0.00778. The van der Waals surface area contributed by atoms with Gasteiger partial charge in [0, 0.05) is 29.5 Å². The normalized spacial score (nSPS) is 25.3. The van der Waals surface area contributed by atoms with Crippen LogP contribution in [0.25, 0.3) is 0 Å². The van der Waals surface area contributed by atoms with Gasteiger partial charge in [0.1, 0.15) is 0 Å². The first-order valence-electron chi connectivity index (χ1n) is 5.75. The van der Waals surface area contributed by atoms with Gasteiger partial charge in [-0.3, -0.25) is 4.79 Å². The molecule has 4 heteroatoms. The van der Waals surface area contributed by atoms with E-state index in [1.54, 1.807) is 0 Å². The van der Waals surface area contributed by atoms with Gasteiger partial charge < -0.3 is 10.4 Å². The van der Waals surface area contributed by atoms with Gasteiger partial charge in [0.25, 0.3) is 5.91 Å². The molecule has 2 N–H and O–H groups in total. The first kappa shape index (κ1) is 11.6. The van der Waals surface area contributed by atoms with Crippen molar-refractivity contribution in [2.75, 3.05) is 6.61 Å². The number of carbonyl (C=O) groups is 1. The van der Waals surface area contributed by atoms with Crippen LogP contribution in [0.4, 0.5) is 0 Å². The summed E-state index contributed by atoms with van der Waals surface area (Å²) in [6, 6.07) is 1.97. The summed E-state index contributed by atoms with van der Waals surface area (Å²) < 4.78 is 0.